The Bertz CT molecular complexity index is 314. The summed E-state index contributed by atoms with van der Waals surface area (Å²) >= 11 is 3.43. The third-order valence-electron chi connectivity index (χ3n) is 3.07. The zero-order valence-electron chi connectivity index (χ0n) is 9.88. The van der Waals surface area contributed by atoms with Crippen molar-refractivity contribution < 1.29 is 4.42 Å². The fourth-order valence-corrected chi connectivity index (χ4v) is 1.91. The third kappa shape index (κ3) is 3.35. The molecule has 0 fully saturated rings. The Labute approximate surface area is 100 Å². The summed E-state index contributed by atoms with van der Waals surface area (Å²) < 4.78 is 6.34. The Kier molecular flexibility index (Phi) is 4.01. The van der Waals surface area contributed by atoms with Gasteiger partial charge in [0.1, 0.15) is 5.76 Å². The Morgan fingerprint density at radius 2 is 2.07 bits per heavy atom. The van der Waals surface area contributed by atoms with E-state index >= 15 is 0 Å². The van der Waals surface area contributed by atoms with Crippen molar-refractivity contribution in [3.63, 3.8) is 0 Å². The minimum Gasteiger partial charge on any atom is -0.466 e. The van der Waals surface area contributed by atoms with Crippen molar-refractivity contribution >= 4 is 15.9 Å². The van der Waals surface area contributed by atoms with Gasteiger partial charge in [-0.25, -0.2) is 0 Å². The minimum atomic E-state index is -0.0244. The molecule has 2 unspecified atom stereocenters. The van der Waals surface area contributed by atoms with E-state index < -0.39 is 0 Å². The first-order valence-corrected chi connectivity index (χ1v) is 6.10. The molecule has 86 valence electrons. The minimum absolute atomic E-state index is 0.0244. The first-order chi connectivity index (χ1) is 6.82. The van der Waals surface area contributed by atoms with Crippen molar-refractivity contribution in [1.29, 1.82) is 0 Å². The summed E-state index contributed by atoms with van der Waals surface area (Å²) in [5.74, 6) is 1.41. The molecule has 1 heterocycles. The molecule has 0 aliphatic rings. The van der Waals surface area contributed by atoms with Gasteiger partial charge < -0.3 is 10.2 Å². The molecule has 0 aromatic carbocycles. The van der Waals surface area contributed by atoms with Crippen molar-refractivity contribution in [3.05, 3.63) is 22.6 Å². The lowest BCUT2D eigenvalue weighted by molar-refractivity contribution is 0.226. The van der Waals surface area contributed by atoms with Gasteiger partial charge in [0.15, 0.2) is 0 Å². The van der Waals surface area contributed by atoms with Gasteiger partial charge in [-0.15, -0.1) is 0 Å². The van der Waals surface area contributed by atoms with Crippen molar-refractivity contribution in [1.82, 2.24) is 0 Å². The molecule has 1 rings (SSSR count). The van der Waals surface area contributed by atoms with Gasteiger partial charge in [0, 0.05) is 0 Å². The molecule has 0 saturated heterocycles. The molecule has 0 amide bonds. The first-order valence-electron chi connectivity index (χ1n) is 5.31. The molecule has 2 atom stereocenters. The van der Waals surface area contributed by atoms with E-state index in [-0.39, 0.29) is 11.5 Å². The van der Waals surface area contributed by atoms with E-state index in [4.69, 9.17) is 10.2 Å². The summed E-state index contributed by atoms with van der Waals surface area (Å²) in [7, 11) is 0. The average Bonchev–Trinajstić information content (AvgIpc) is 2.49. The monoisotopic (exact) mass is 273 g/mol. The molecule has 0 radical (unpaired) electrons. The molecule has 0 aliphatic carbocycles. The van der Waals surface area contributed by atoms with Crippen LogP contribution in [0.2, 0.25) is 0 Å². The van der Waals surface area contributed by atoms with E-state index in [1.54, 1.807) is 6.26 Å². The lowest BCUT2D eigenvalue weighted by Gasteiger charge is -2.29. The first kappa shape index (κ1) is 12.8. The van der Waals surface area contributed by atoms with Crippen LogP contribution < -0.4 is 5.73 Å². The molecule has 1 aromatic rings. The highest BCUT2D eigenvalue weighted by molar-refractivity contribution is 9.10. The lowest BCUT2D eigenvalue weighted by Crippen LogP contribution is -2.23. The third-order valence-corrected chi connectivity index (χ3v) is 3.72. The highest BCUT2D eigenvalue weighted by atomic mass is 79.9. The summed E-state index contributed by atoms with van der Waals surface area (Å²) in [5, 5.41) is 0. The lowest BCUT2D eigenvalue weighted by atomic mass is 9.78. The number of furan rings is 1. The van der Waals surface area contributed by atoms with Crippen molar-refractivity contribution in [3.8, 4) is 0 Å². The molecular weight excluding hydrogens is 254 g/mol. The molecule has 0 saturated carbocycles. The SMILES string of the molecule is CC(CC(N)c1occc1Br)C(C)(C)C. The van der Waals surface area contributed by atoms with Gasteiger partial charge in [-0.05, 0) is 39.8 Å². The van der Waals surface area contributed by atoms with E-state index in [2.05, 4.69) is 43.6 Å². The summed E-state index contributed by atoms with van der Waals surface area (Å²) in [6, 6.07) is 1.86. The number of halogens is 1. The molecule has 0 bridgehead atoms. The second-order valence-corrected chi connectivity index (χ2v) is 6.10. The molecule has 3 heteroatoms. The van der Waals surface area contributed by atoms with Crippen LogP contribution in [0.1, 0.15) is 45.9 Å². The average molecular weight is 274 g/mol. The van der Waals surface area contributed by atoms with Crippen LogP contribution >= 0.6 is 15.9 Å². The summed E-state index contributed by atoms with van der Waals surface area (Å²) in [6.45, 7) is 8.95. The number of rotatable bonds is 3. The number of nitrogens with two attached hydrogens (primary N) is 1. The zero-order chi connectivity index (χ0) is 11.6. The fourth-order valence-electron chi connectivity index (χ4n) is 1.41. The van der Waals surface area contributed by atoms with Gasteiger partial charge in [-0.2, -0.15) is 0 Å². The Morgan fingerprint density at radius 3 is 2.47 bits per heavy atom. The molecular formula is C12H20BrNO. The van der Waals surface area contributed by atoms with E-state index in [1.807, 2.05) is 6.07 Å². The molecule has 1 aromatic heterocycles. The Morgan fingerprint density at radius 1 is 1.47 bits per heavy atom. The predicted octanol–water partition coefficient (Wildman–Crippen LogP) is 4.11. The van der Waals surface area contributed by atoms with Gasteiger partial charge in [0.2, 0.25) is 0 Å². The molecule has 15 heavy (non-hydrogen) atoms. The maximum absolute atomic E-state index is 6.11. The van der Waals surface area contributed by atoms with Gasteiger partial charge in [0.25, 0.3) is 0 Å². The van der Waals surface area contributed by atoms with Crippen LogP contribution in [0.5, 0.6) is 0 Å². The number of hydrogen-bond acceptors (Lipinski definition) is 2. The second-order valence-electron chi connectivity index (χ2n) is 5.24. The number of hydrogen-bond donors (Lipinski definition) is 1. The van der Waals surface area contributed by atoms with Crippen molar-refractivity contribution in [2.75, 3.05) is 0 Å². The van der Waals surface area contributed by atoms with Gasteiger partial charge in [-0.3, -0.25) is 0 Å². The predicted molar refractivity (Wildman–Crippen MR) is 66.6 cm³/mol. The quantitative estimate of drug-likeness (QED) is 0.900. The standard InChI is InChI=1S/C12H20BrNO/c1-8(12(2,3)4)7-10(14)11-9(13)5-6-15-11/h5-6,8,10H,7,14H2,1-4H3. The smallest absolute Gasteiger partial charge is 0.134 e. The van der Waals surface area contributed by atoms with Crippen LogP contribution in [0.15, 0.2) is 21.2 Å². The van der Waals surface area contributed by atoms with Crippen LogP contribution in [0.3, 0.4) is 0 Å². The largest absolute Gasteiger partial charge is 0.466 e. The van der Waals surface area contributed by atoms with Crippen LogP contribution in [0, 0.1) is 11.3 Å². The van der Waals surface area contributed by atoms with Crippen LogP contribution in [-0.2, 0) is 0 Å². The van der Waals surface area contributed by atoms with Gasteiger partial charge >= 0.3 is 0 Å². The summed E-state index contributed by atoms with van der Waals surface area (Å²) in [5.41, 5.74) is 6.40. The van der Waals surface area contributed by atoms with Crippen molar-refractivity contribution in [2.24, 2.45) is 17.1 Å². The highest BCUT2D eigenvalue weighted by Gasteiger charge is 2.24. The van der Waals surface area contributed by atoms with E-state index in [0.717, 1.165) is 16.7 Å². The fraction of sp³-hybridized carbons (Fsp3) is 0.667. The van der Waals surface area contributed by atoms with Crippen LogP contribution in [0.25, 0.3) is 0 Å². The zero-order valence-corrected chi connectivity index (χ0v) is 11.5. The normalized spacial score (nSPS) is 16.4. The van der Waals surface area contributed by atoms with Crippen LogP contribution in [-0.4, -0.2) is 0 Å². The van der Waals surface area contributed by atoms with E-state index in [1.165, 1.54) is 0 Å². The molecule has 2 N–H and O–H groups in total. The van der Waals surface area contributed by atoms with Crippen LogP contribution in [0.4, 0.5) is 0 Å². The summed E-state index contributed by atoms with van der Waals surface area (Å²) in [4.78, 5) is 0. The molecule has 2 nitrogen and oxygen atoms in total. The highest BCUT2D eigenvalue weighted by Crippen LogP contribution is 2.34. The summed E-state index contributed by atoms with van der Waals surface area (Å²) in [6.07, 6.45) is 2.61. The van der Waals surface area contributed by atoms with Gasteiger partial charge in [-0.1, -0.05) is 27.7 Å². The molecule has 0 spiro atoms. The van der Waals surface area contributed by atoms with E-state index in [9.17, 15) is 0 Å². The maximum Gasteiger partial charge on any atom is 0.134 e. The molecule has 0 aliphatic heterocycles. The maximum atomic E-state index is 6.11. The topological polar surface area (TPSA) is 39.2 Å². The second kappa shape index (κ2) is 4.71. The van der Waals surface area contributed by atoms with E-state index in [0.29, 0.717) is 5.92 Å². The van der Waals surface area contributed by atoms with Crippen molar-refractivity contribution in [2.45, 2.75) is 40.2 Å². The van der Waals surface area contributed by atoms with Gasteiger partial charge in [0.05, 0.1) is 16.8 Å². The Hall–Kier alpha value is -0.280. The Balaban J connectivity index is 2.64.